The highest BCUT2D eigenvalue weighted by atomic mass is 19.1. The Morgan fingerprint density at radius 2 is 1.81 bits per heavy atom. The first-order chi connectivity index (χ1) is 13.0. The molecule has 138 valence electrons. The molecule has 1 aromatic heterocycles. The van der Waals surface area contributed by atoms with Gasteiger partial charge in [0, 0.05) is 16.5 Å². The summed E-state index contributed by atoms with van der Waals surface area (Å²) in [5.41, 5.74) is 5.45. The largest absolute Gasteiger partial charge is 0.450 e. The van der Waals surface area contributed by atoms with Gasteiger partial charge < -0.3 is 9.15 Å². The van der Waals surface area contributed by atoms with Crippen molar-refractivity contribution in [1.82, 2.24) is 10.9 Å². The Bertz CT molecular complexity index is 1010. The Morgan fingerprint density at radius 1 is 1.07 bits per heavy atom. The zero-order valence-corrected chi connectivity index (χ0v) is 14.2. The van der Waals surface area contributed by atoms with Gasteiger partial charge in [0.05, 0.1) is 0 Å². The summed E-state index contributed by atoms with van der Waals surface area (Å²) < 4.78 is 23.5. The van der Waals surface area contributed by atoms with Crippen LogP contribution in [-0.4, -0.2) is 24.4 Å². The number of fused-ring (bicyclic) bond motifs is 1. The quantitative estimate of drug-likeness (QED) is 0.543. The summed E-state index contributed by atoms with van der Waals surface area (Å²) >= 11 is 0. The molecule has 0 atom stereocenters. The first kappa shape index (κ1) is 18.1. The summed E-state index contributed by atoms with van der Waals surface area (Å²) in [6.07, 6.45) is 0. The zero-order chi connectivity index (χ0) is 19.4. The van der Waals surface area contributed by atoms with Gasteiger partial charge in [-0.3, -0.25) is 20.4 Å². The van der Waals surface area contributed by atoms with Crippen molar-refractivity contribution < 1.29 is 27.9 Å². The van der Waals surface area contributed by atoms with Gasteiger partial charge in [-0.1, -0.05) is 18.2 Å². The lowest BCUT2D eigenvalue weighted by Gasteiger charge is -2.07. The minimum atomic E-state index is -0.867. The van der Waals surface area contributed by atoms with Crippen LogP contribution in [0.15, 0.2) is 52.9 Å². The van der Waals surface area contributed by atoms with E-state index in [4.69, 9.17) is 9.15 Å². The van der Waals surface area contributed by atoms with Crippen molar-refractivity contribution in [1.29, 1.82) is 0 Å². The number of furan rings is 1. The van der Waals surface area contributed by atoms with E-state index >= 15 is 0 Å². The zero-order valence-electron chi connectivity index (χ0n) is 14.2. The number of aryl methyl sites for hydroxylation is 1. The van der Waals surface area contributed by atoms with Crippen LogP contribution >= 0.6 is 0 Å². The number of carbonyl (C=O) groups excluding carboxylic acids is 3. The highest BCUT2D eigenvalue weighted by Crippen LogP contribution is 2.26. The molecule has 2 N–H and O–H groups in total. The second kappa shape index (κ2) is 7.69. The Balaban J connectivity index is 1.55. The smallest absolute Gasteiger partial charge is 0.375 e. The Labute approximate surface area is 153 Å². The molecule has 0 unspecified atom stereocenters. The molecule has 0 saturated carbocycles. The van der Waals surface area contributed by atoms with Gasteiger partial charge in [-0.2, -0.15) is 0 Å². The number of rotatable bonds is 4. The third-order valence-corrected chi connectivity index (χ3v) is 3.77. The van der Waals surface area contributed by atoms with E-state index in [9.17, 15) is 18.8 Å². The lowest BCUT2D eigenvalue weighted by atomic mass is 10.1. The van der Waals surface area contributed by atoms with E-state index in [2.05, 4.69) is 10.9 Å². The Kier molecular flexibility index (Phi) is 5.16. The molecule has 0 saturated heterocycles. The molecule has 0 fully saturated rings. The molecule has 2 amide bonds. The number of hydrazine groups is 1. The third kappa shape index (κ3) is 4.12. The fourth-order valence-corrected chi connectivity index (χ4v) is 2.41. The molecule has 0 bridgehead atoms. The number of nitrogens with one attached hydrogen (secondary N) is 2. The maximum atomic E-state index is 13.3. The van der Waals surface area contributed by atoms with Crippen molar-refractivity contribution in [2.75, 3.05) is 6.61 Å². The maximum absolute atomic E-state index is 13.3. The highest BCUT2D eigenvalue weighted by Gasteiger charge is 2.20. The van der Waals surface area contributed by atoms with Gasteiger partial charge in [-0.25, -0.2) is 9.18 Å². The molecule has 7 nitrogen and oxygen atoms in total. The van der Waals surface area contributed by atoms with Crippen LogP contribution in [0.2, 0.25) is 0 Å². The minimum absolute atomic E-state index is 0.114. The molecule has 2 aromatic carbocycles. The molecule has 0 aliphatic rings. The van der Waals surface area contributed by atoms with Gasteiger partial charge in [0.15, 0.2) is 6.61 Å². The average molecular weight is 370 g/mol. The van der Waals surface area contributed by atoms with Crippen molar-refractivity contribution in [3.8, 4) is 0 Å². The molecule has 3 rings (SSSR count). The predicted molar refractivity (Wildman–Crippen MR) is 93.2 cm³/mol. The van der Waals surface area contributed by atoms with Crippen LogP contribution in [-0.2, 0) is 9.53 Å². The molecule has 0 aliphatic carbocycles. The molecule has 27 heavy (non-hydrogen) atoms. The summed E-state index contributed by atoms with van der Waals surface area (Å²) in [5, 5.41) is 0.446. The van der Waals surface area contributed by atoms with E-state index < -0.39 is 30.2 Å². The van der Waals surface area contributed by atoms with Crippen molar-refractivity contribution in [3.63, 3.8) is 0 Å². The van der Waals surface area contributed by atoms with Crippen molar-refractivity contribution >= 4 is 28.8 Å². The van der Waals surface area contributed by atoms with Crippen molar-refractivity contribution in [2.24, 2.45) is 0 Å². The molecule has 8 heteroatoms. The van der Waals surface area contributed by atoms with E-state index in [1.807, 2.05) is 0 Å². The molecular formula is C19H15FN2O5. The molecule has 0 radical (unpaired) electrons. The normalized spacial score (nSPS) is 10.4. The lowest BCUT2D eigenvalue weighted by molar-refractivity contribution is -0.125. The molecule has 0 aliphatic heterocycles. The number of esters is 1. The summed E-state index contributed by atoms with van der Waals surface area (Å²) in [4.78, 5) is 35.6. The SMILES string of the molecule is Cc1c(C(=O)OCC(=O)NNC(=O)c2ccccc2)oc2ccc(F)cc12. The lowest BCUT2D eigenvalue weighted by Crippen LogP contribution is -2.43. The van der Waals surface area contributed by atoms with E-state index in [1.165, 1.54) is 18.2 Å². The standard InChI is InChI=1S/C19H15FN2O5/c1-11-14-9-13(20)7-8-15(14)27-17(11)19(25)26-10-16(23)21-22-18(24)12-5-3-2-4-6-12/h2-9H,10H2,1H3,(H,21,23)(H,22,24). The minimum Gasteiger partial charge on any atom is -0.450 e. The second-order valence-corrected chi connectivity index (χ2v) is 5.64. The van der Waals surface area contributed by atoms with E-state index in [1.54, 1.807) is 37.3 Å². The number of halogens is 1. The summed E-state index contributed by atoms with van der Waals surface area (Å²) in [6.45, 7) is 0.959. The number of hydrogen-bond acceptors (Lipinski definition) is 5. The third-order valence-electron chi connectivity index (χ3n) is 3.77. The Hall–Kier alpha value is -3.68. The fraction of sp³-hybridized carbons (Fsp3) is 0.105. The monoisotopic (exact) mass is 370 g/mol. The summed E-state index contributed by atoms with van der Waals surface area (Å²) in [5.74, 6) is -2.68. The highest BCUT2D eigenvalue weighted by molar-refractivity contribution is 5.97. The van der Waals surface area contributed by atoms with Gasteiger partial charge in [-0.15, -0.1) is 0 Å². The predicted octanol–water partition coefficient (Wildman–Crippen LogP) is 2.50. The van der Waals surface area contributed by atoms with E-state index in [0.29, 0.717) is 22.1 Å². The number of amides is 2. The van der Waals surface area contributed by atoms with Gasteiger partial charge in [-0.05, 0) is 37.3 Å². The van der Waals surface area contributed by atoms with Gasteiger partial charge in [0.1, 0.15) is 11.4 Å². The number of ether oxygens (including phenoxy) is 1. The van der Waals surface area contributed by atoms with Gasteiger partial charge in [0.2, 0.25) is 5.76 Å². The topological polar surface area (TPSA) is 97.6 Å². The van der Waals surface area contributed by atoms with Crippen LogP contribution in [0, 0.1) is 12.7 Å². The molecule has 1 heterocycles. The van der Waals surface area contributed by atoms with Gasteiger partial charge >= 0.3 is 5.97 Å². The van der Waals surface area contributed by atoms with Crippen molar-refractivity contribution in [3.05, 3.63) is 71.2 Å². The second-order valence-electron chi connectivity index (χ2n) is 5.64. The van der Waals surface area contributed by atoms with E-state index in [-0.39, 0.29) is 5.76 Å². The average Bonchev–Trinajstić information content (AvgIpc) is 3.01. The van der Waals surface area contributed by atoms with Crippen LogP contribution in [0.1, 0.15) is 26.5 Å². The first-order valence-electron chi connectivity index (χ1n) is 7.95. The van der Waals surface area contributed by atoms with Crippen LogP contribution in [0.25, 0.3) is 11.0 Å². The van der Waals surface area contributed by atoms with Gasteiger partial charge in [0.25, 0.3) is 11.8 Å². The number of hydrogen-bond donors (Lipinski definition) is 2. The van der Waals surface area contributed by atoms with Crippen LogP contribution in [0.5, 0.6) is 0 Å². The van der Waals surface area contributed by atoms with Crippen LogP contribution in [0.3, 0.4) is 0 Å². The van der Waals surface area contributed by atoms with Crippen LogP contribution < -0.4 is 10.9 Å². The number of benzene rings is 2. The summed E-state index contributed by atoms with van der Waals surface area (Å²) in [6, 6.07) is 12.1. The molecular weight excluding hydrogens is 355 g/mol. The van der Waals surface area contributed by atoms with Crippen molar-refractivity contribution in [2.45, 2.75) is 6.92 Å². The Morgan fingerprint density at radius 3 is 2.56 bits per heavy atom. The molecule has 3 aromatic rings. The fourth-order valence-electron chi connectivity index (χ4n) is 2.41. The summed E-state index contributed by atoms with van der Waals surface area (Å²) in [7, 11) is 0. The molecule has 0 spiro atoms. The number of carbonyl (C=O) groups is 3. The first-order valence-corrected chi connectivity index (χ1v) is 7.95. The maximum Gasteiger partial charge on any atom is 0.375 e. The van der Waals surface area contributed by atoms with E-state index in [0.717, 1.165) is 0 Å². The van der Waals surface area contributed by atoms with Crippen LogP contribution in [0.4, 0.5) is 4.39 Å².